The van der Waals surface area contributed by atoms with E-state index in [1.807, 2.05) is 16.7 Å². The molecule has 5 rings (SSSR count). The summed E-state index contributed by atoms with van der Waals surface area (Å²) in [5.41, 5.74) is 3.79. The van der Waals surface area contributed by atoms with Gasteiger partial charge in [0.25, 0.3) is 5.56 Å². The number of rotatable bonds is 6. The predicted octanol–water partition coefficient (Wildman–Crippen LogP) is 6.12. The monoisotopic (exact) mass is 443 g/mol. The number of nitrogens with zero attached hydrogens (tertiary/aromatic N) is 3. The third-order valence-electron chi connectivity index (χ3n) is 6.23. The summed E-state index contributed by atoms with van der Waals surface area (Å²) in [7, 11) is 0. The highest BCUT2D eigenvalue weighted by atomic mass is 32.1. The topological polar surface area (TPSA) is 38.1 Å². The lowest BCUT2D eigenvalue weighted by Gasteiger charge is -2.28. The molecule has 2 aromatic carbocycles. The Hall–Kier alpha value is -2.92. The van der Waals surface area contributed by atoms with E-state index in [1.165, 1.54) is 28.0 Å². The van der Waals surface area contributed by atoms with Gasteiger partial charge in [-0.15, -0.1) is 11.3 Å². The van der Waals surface area contributed by atoms with Crippen molar-refractivity contribution in [1.29, 1.82) is 0 Å². The van der Waals surface area contributed by atoms with Crippen LogP contribution in [0.4, 0.5) is 5.95 Å². The number of aryl methyl sites for hydroxylation is 2. The van der Waals surface area contributed by atoms with Gasteiger partial charge in [-0.2, -0.15) is 0 Å². The Morgan fingerprint density at radius 3 is 2.12 bits per heavy atom. The molecule has 4 aromatic rings. The summed E-state index contributed by atoms with van der Waals surface area (Å²) in [4.78, 5) is 23.5. The lowest BCUT2D eigenvalue weighted by Crippen LogP contribution is -2.33. The van der Waals surface area contributed by atoms with Crippen molar-refractivity contribution in [2.24, 2.45) is 0 Å². The van der Waals surface area contributed by atoms with Crippen molar-refractivity contribution in [1.82, 2.24) is 9.55 Å². The summed E-state index contributed by atoms with van der Waals surface area (Å²) in [5.74, 6) is 0.767. The maximum Gasteiger partial charge on any atom is 0.264 e. The third kappa shape index (κ3) is 3.97. The van der Waals surface area contributed by atoms with Crippen LogP contribution in [0.2, 0.25) is 0 Å². The van der Waals surface area contributed by atoms with Crippen LogP contribution in [0.3, 0.4) is 0 Å². The van der Waals surface area contributed by atoms with E-state index in [-0.39, 0.29) is 11.6 Å². The molecule has 0 atom stereocenters. The molecule has 0 saturated heterocycles. The van der Waals surface area contributed by atoms with Crippen LogP contribution in [0.25, 0.3) is 10.2 Å². The Morgan fingerprint density at radius 2 is 1.53 bits per heavy atom. The summed E-state index contributed by atoms with van der Waals surface area (Å²) in [6, 6.07) is 20.9. The maximum atomic E-state index is 13.8. The van der Waals surface area contributed by atoms with Crippen molar-refractivity contribution in [3.05, 3.63) is 92.6 Å². The van der Waals surface area contributed by atoms with E-state index in [9.17, 15) is 4.79 Å². The minimum atomic E-state index is 0.0302. The molecule has 32 heavy (non-hydrogen) atoms. The molecule has 0 N–H and O–H groups in total. The van der Waals surface area contributed by atoms with Crippen LogP contribution in [0.1, 0.15) is 54.3 Å². The smallest absolute Gasteiger partial charge is 0.264 e. The largest absolute Gasteiger partial charge is 0.333 e. The van der Waals surface area contributed by atoms with E-state index < -0.39 is 0 Å². The Bertz CT molecular complexity index is 1230. The van der Waals surface area contributed by atoms with Gasteiger partial charge in [0.2, 0.25) is 5.95 Å². The fourth-order valence-corrected chi connectivity index (χ4v) is 5.95. The van der Waals surface area contributed by atoms with Crippen LogP contribution in [0, 0.1) is 0 Å². The van der Waals surface area contributed by atoms with E-state index in [2.05, 4.69) is 67.3 Å². The van der Waals surface area contributed by atoms with Gasteiger partial charge in [0, 0.05) is 24.0 Å². The number of hydrogen-bond donors (Lipinski definition) is 0. The quantitative estimate of drug-likeness (QED) is 0.360. The van der Waals surface area contributed by atoms with E-state index in [0.29, 0.717) is 13.1 Å². The molecule has 1 aliphatic carbocycles. The van der Waals surface area contributed by atoms with Gasteiger partial charge in [0.05, 0.1) is 5.39 Å². The zero-order valence-electron chi connectivity index (χ0n) is 18.8. The van der Waals surface area contributed by atoms with Gasteiger partial charge in [-0.05, 0) is 56.2 Å². The first-order chi connectivity index (χ1) is 15.6. The van der Waals surface area contributed by atoms with E-state index in [1.54, 1.807) is 11.3 Å². The molecular formula is C27H29N3OS. The molecule has 0 amide bonds. The normalized spacial score (nSPS) is 13.5. The van der Waals surface area contributed by atoms with Gasteiger partial charge in [0.1, 0.15) is 4.83 Å². The van der Waals surface area contributed by atoms with Crippen LogP contribution < -0.4 is 10.5 Å². The first-order valence-electron chi connectivity index (χ1n) is 11.5. The van der Waals surface area contributed by atoms with Gasteiger partial charge in [-0.1, -0.05) is 60.7 Å². The maximum absolute atomic E-state index is 13.8. The standard InChI is InChI=1S/C27H29N3OS/c1-19(2)30-26(31)24-22-15-9-10-16-23(22)32-25(24)28-27(30)29(17-20-11-5-3-6-12-20)18-21-13-7-4-8-14-21/h3-8,11-14,19H,9-10,15-18H2,1-2H3. The van der Waals surface area contributed by atoms with Crippen molar-refractivity contribution >= 4 is 27.5 Å². The first kappa shape index (κ1) is 21.0. The predicted molar refractivity (Wildman–Crippen MR) is 134 cm³/mol. The molecule has 2 aromatic heterocycles. The molecule has 1 aliphatic rings. The summed E-state index contributed by atoms with van der Waals surface area (Å²) in [6.45, 7) is 5.57. The van der Waals surface area contributed by atoms with Crippen LogP contribution in [0.15, 0.2) is 65.5 Å². The Balaban J connectivity index is 1.68. The number of aromatic nitrogens is 2. The molecule has 0 fully saturated rings. The zero-order chi connectivity index (χ0) is 22.1. The third-order valence-corrected chi connectivity index (χ3v) is 7.42. The summed E-state index contributed by atoms with van der Waals surface area (Å²) < 4.78 is 1.91. The van der Waals surface area contributed by atoms with E-state index in [0.717, 1.165) is 35.4 Å². The molecule has 0 spiro atoms. The minimum absolute atomic E-state index is 0.0302. The lowest BCUT2D eigenvalue weighted by atomic mass is 9.97. The molecule has 0 bridgehead atoms. The summed E-state index contributed by atoms with van der Waals surface area (Å²) >= 11 is 1.73. The highest BCUT2D eigenvalue weighted by Gasteiger charge is 2.25. The highest BCUT2D eigenvalue weighted by molar-refractivity contribution is 7.18. The second-order valence-electron chi connectivity index (χ2n) is 8.90. The fraction of sp³-hybridized carbons (Fsp3) is 0.333. The molecule has 0 radical (unpaired) electrons. The molecule has 0 unspecified atom stereocenters. The summed E-state index contributed by atoms with van der Waals surface area (Å²) in [6.07, 6.45) is 4.45. The fourth-order valence-electron chi connectivity index (χ4n) is 4.70. The van der Waals surface area contributed by atoms with Crippen molar-refractivity contribution in [3.8, 4) is 0 Å². The minimum Gasteiger partial charge on any atom is -0.333 e. The molecular weight excluding hydrogens is 414 g/mol. The molecule has 0 saturated carbocycles. The van der Waals surface area contributed by atoms with Gasteiger partial charge < -0.3 is 4.90 Å². The van der Waals surface area contributed by atoms with Crippen molar-refractivity contribution in [2.45, 2.75) is 58.7 Å². The van der Waals surface area contributed by atoms with Crippen LogP contribution in [-0.4, -0.2) is 9.55 Å². The van der Waals surface area contributed by atoms with Gasteiger partial charge in [0.15, 0.2) is 0 Å². The number of thiophene rings is 1. The second kappa shape index (κ2) is 8.91. The molecule has 2 heterocycles. The number of fused-ring (bicyclic) bond motifs is 3. The Kier molecular flexibility index (Phi) is 5.83. The van der Waals surface area contributed by atoms with E-state index in [4.69, 9.17) is 4.98 Å². The number of anilines is 1. The lowest BCUT2D eigenvalue weighted by molar-refractivity contribution is 0.556. The van der Waals surface area contributed by atoms with Crippen LogP contribution in [0.5, 0.6) is 0 Å². The molecule has 0 aliphatic heterocycles. The van der Waals surface area contributed by atoms with Crippen LogP contribution in [-0.2, 0) is 25.9 Å². The zero-order valence-corrected chi connectivity index (χ0v) is 19.6. The SMILES string of the molecule is CC(C)n1c(N(Cc2ccccc2)Cc2ccccc2)nc2sc3c(c2c1=O)CCCC3. The van der Waals surface area contributed by atoms with Crippen molar-refractivity contribution in [3.63, 3.8) is 0 Å². The van der Waals surface area contributed by atoms with Gasteiger partial charge in [-0.3, -0.25) is 9.36 Å². The van der Waals surface area contributed by atoms with Crippen molar-refractivity contribution in [2.75, 3.05) is 4.90 Å². The average Bonchev–Trinajstić information content (AvgIpc) is 3.18. The van der Waals surface area contributed by atoms with Crippen molar-refractivity contribution < 1.29 is 0 Å². The van der Waals surface area contributed by atoms with Gasteiger partial charge in [-0.25, -0.2) is 4.98 Å². The first-order valence-corrected chi connectivity index (χ1v) is 12.3. The average molecular weight is 444 g/mol. The van der Waals surface area contributed by atoms with E-state index >= 15 is 0 Å². The molecule has 4 nitrogen and oxygen atoms in total. The highest BCUT2D eigenvalue weighted by Crippen LogP contribution is 2.35. The Morgan fingerprint density at radius 1 is 0.938 bits per heavy atom. The Labute approximate surface area is 193 Å². The molecule has 5 heteroatoms. The van der Waals surface area contributed by atoms with Crippen LogP contribution >= 0.6 is 11.3 Å². The second-order valence-corrected chi connectivity index (χ2v) is 9.98. The van der Waals surface area contributed by atoms with Gasteiger partial charge >= 0.3 is 0 Å². The summed E-state index contributed by atoms with van der Waals surface area (Å²) in [5, 5.41) is 0.863. The number of benzene rings is 2. The molecule has 164 valence electrons. The number of hydrogen-bond acceptors (Lipinski definition) is 4.